The average molecular weight is 547 g/mol. The van der Waals surface area contributed by atoms with Crippen molar-refractivity contribution in [3.63, 3.8) is 0 Å². The molecule has 4 rings (SSSR count). The van der Waals surface area contributed by atoms with Crippen LogP contribution in [0.15, 0.2) is 60.7 Å². The van der Waals surface area contributed by atoms with E-state index in [0.29, 0.717) is 43.4 Å². The summed E-state index contributed by atoms with van der Waals surface area (Å²) in [6, 6.07) is 10.2. The largest absolute Gasteiger partial charge is 0.388 e. The summed E-state index contributed by atoms with van der Waals surface area (Å²) < 4.78 is 69.6. The molecule has 2 aliphatic rings. The van der Waals surface area contributed by atoms with Crippen LogP contribution in [-0.4, -0.2) is 31.0 Å². The number of epoxide rings is 1. The molecular weight excluding hydrogens is 508 g/mol. The van der Waals surface area contributed by atoms with E-state index in [4.69, 9.17) is 9.47 Å². The Hall–Kier alpha value is -2.48. The van der Waals surface area contributed by atoms with Crippen LogP contribution >= 0.6 is 0 Å². The molecule has 1 aliphatic heterocycles. The van der Waals surface area contributed by atoms with Crippen LogP contribution in [0.1, 0.15) is 75.0 Å². The lowest BCUT2D eigenvalue weighted by Crippen LogP contribution is -2.19. The number of ether oxygens (including phenoxy) is 2. The van der Waals surface area contributed by atoms with Crippen LogP contribution in [0.2, 0.25) is 0 Å². The van der Waals surface area contributed by atoms with Crippen molar-refractivity contribution in [2.45, 2.75) is 70.0 Å². The normalized spacial score (nSPS) is 23.2. The molecule has 2 fully saturated rings. The molecule has 1 N–H and O–H groups in total. The Morgan fingerprint density at radius 2 is 1.77 bits per heavy atom. The van der Waals surface area contributed by atoms with Crippen LogP contribution < -0.4 is 0 Å². The van der Waals surface area contributed by atoms with Crippen LogP contribution in [0.5, 0.6) is 0 Å². The van der Waals surface area contributed by atoms with Crippen molar-refractivity contribution in [2.75, 3.05) is 19.8 Å². The Kier molecular flexibility index (Phi) is 10.4. The molecule has 0 bridgehead atoms. The number of benzene rings is 2. The van der Waals surface area contributed by atoms with Crippen LogP contribution in [-0.2, 0) is 9.47 Å². The minimum atomic E-state index is -0.907. The van der Waals surface area contributed by atoms with E-state index in [9.17, 15) is 13.9 Å². The molecule has 0 radical (unpaired) electrons. The maximum Gasteiger partial charge on any atom is 0.166 e. The second-order valence-electron chi connectivity index (χ2n) is 10.7. The van der Waals surface area contributed by atoms with E-state index in [0.717, 1.165) is 24.8 Å². The predicted molar refractivity (Wildman–Crippen MR) is 144 cm³/mol. The van der Waals surface area contributed by atoms with E-state index in [1.807, 2.05) is 6.92 Å². The van der Waals surface area contributed by atoms with Gasteiger partial charge in [-0.05, 0) is 67.1 Å². The van der Waals surface area contributed by atoms with Gasteiger partial charge in [0.05, 0.1) is 18.8 Å². The first-order chi connectivity index (χ1) is 18.8. The number of hydrogen-bond acceptors (Lipinski definition) is 3. The van der Waals surface area contributed by atoms with Gasteiger partial charge in [0, 0.05) is 18.1 Å². The summed E-state index contributed by atoms with van der Waals surface area (Å²) >= 11 is 0. The molecule has 1 saturated carbocycles. The van der Waals surface area contributed by atoms with Gasteiger partial charge in [0.1, 0.15) is 12.4 Å². The zero-order valence-electron chi connectivity index (χ0n) is 22.5. The lowest BCUT2D eigenvalue weighted by Gasteiger charge is -2.29. The number of aliphatic hydroxyl groups excluding tert-OH is 1. The second-order valence-corrected chi connectivity index (χ2v) is 10.7. The molecule has 1 heterocycles. The van der Waals surface area contributed by atoms with Gasteiger partial charge in [-0.1, -0.05) is 55.8 Å². The summed E-state index contributed by atoms with van der Waals surface area (Å²) in [5.74, 6) is -4.02. The van der Waals surface area contributed by atoms with Crippen molar-refractivity contribution in [1.82, 2.24) is 0 Å². The highest BCUT2D eigenvalue weighted by atomic mass is 19.2. The number of rotatable bonds is 13. The van der Waals surface area contributed by atoms with Gasteiger partial charge in [0.15, 0.2) is 17.5 Å². The molecule has 0 spiro atoms. The van der Waals surface area contributed by atoms with E-state index >= 15 is 8.78 Å². The van der Waals surface area contributed by atoms with Gasteiger partial charge >= 0.3 is 0 Å². The SMILES string of the molecule is C=CCC(/C(F)=C(/F)COCC1CCC(c2ccc(-c3ccc(C(O)CCC)cc3)c(F)c2F)CC1)C1CO1. The van der Waals surface area contributed by atoms with Gasteiger partial charge in [0.2, 0.25) is 0 Å². The quantitative estimate of drug-likeness (QED) is 0.156. The minimum absolute atomic E-state index is 0.108. The lowest BCUT2D eigenvalue weighted by molar-refractivity contribution is 0.0865. The molecule has 1 aliphatic carbocycles. The predicted octanol–water partition coefficient (Wildman–Crippen LogP) is 8.50. The van der Waals surface area contributed by atoms with E-state index in [-0.39, 0.29) is 30.1 Å². The summed E-state index contributed by atoms with van der Waals surface area (Å²) in [5.41, 5.74) is 1.88. The van der Waals surface area contributed by atoms with Crippen molar-refractivity contribution < 1.29 is 32.1 Å². The third kappa shape index (κ3) is 7.38. The van der Waals surface area contributed by atoms with Crippen molar-refractivity contribution >= 4 is 0 Å². The highest BCUT2D eigenvalue weighted by molar-refractivity contribution is 5.65. The fraction of sp³-hybridized carbons (Fsp3) is 0.500. The van der Waals surface area contributed by atoms with Gasteiger partial charge in [0.25, 0.3) is 0 Å². The Balaban J connectivity index is 1.30. The Morgan fingerprint density at radius 1 is 1.08 bits per heavy atom. The summed E-state index contributed by atoms with van der Waals surface area (Å²) in [5, 5.41) is 10.1. The van der Waals surface area contributed by atoms with Gasteiger partial charge in [-0.3, -0.25) is 0 Å². The van der Waals surface area contributed by atoms with Gasteiger partial charge in [-0.25, -0.2) is 17.6 Å². The van der Waals surface area contributed by atoms with Crippen molar-refractivity contribution in [3.8, 4) is 11.1 Å². The second kappa shape index (κ2) is 13.7. The molecule has 212 valence electrons. The monoisotopic (exact) mass is 546 g/mol. The summed E-state index contributed by atoms with van der Waals surface area (Å²) in [7, 11) is 0. The highest BCUT2D eigenvalue weighted by Crippen LogP contribution is 2.39. The Bertz CT molecular complexity index is 1130. The molecule has 39 heavy (non-hydrogen) atoms. The number of aliphatic hydroxyl groups is 1. The number of halogens is 4. The number of allylic oxidation sites excluding steroid dienone is 1. The van der Waals surface area contributed by atoms with Gasteiger partial charge < -0.3 is 14.6 Å². The third-order valence-corrected chi connectivity index (χ3v) is 7.96. The first kappa shape index (κ1) is 29.5. The van der Waals surface area contributed by atoms with E-state index in [1.165, 1.54) is 0 Å². The zero-order valence-corrected chi connectivity index (χ0v) is 22.5. The average Bonchev–Trinajstić information content (AvgIpc) is 3.79. The number of hydrogen-bond donors (Lipinski definition) is 1. The topological polar surface area (TPSA) is 42.0 Å². The molecule has 3 unspecified atom stereocenters. The van der Waals surface area contributed by atoms with Gasteiger partial charge in [-0.2, -0.15) is 0 Å². The van der Waals surface area contributed by atoms with Crippen molar-refractivity contribution in [1.29, 1.82) is 0 Å². The Labute approximate surface area is 228 Å². The molecule has 2 aromatic carbocycles. The smallest absolute Gasteiger partial charge is 0.166 e. The molecule has 3 nitrogen and oxygen atoms in total. The van der Waals surface area contributed by atoms with Crippen LogP contribution in [0.25, 0.3) is 11.1 Å². The lowest BCUT2D eigenvalue weighted by atomic mass is 9.78. The van der Waals surface area contributed by atoms with E-state index < -0.39 is 41.9 Å². The van der Waals surface area contributed by atoms with Crippen LogP contribution in [0, 0.1) is 23.5 Å². The van der Waals surface area contributed by atoms with Crippen molar-refractivity contribution in [3.05, 3.63) is 83.5 Å². The first-order valence-electron chi connectivity index (χ1n) is 13.9. The fourth-order valence-electron chi connectivity index (χ4n) is 5.54. The molecule has 3 atom stereocenters. The maximum atomic E-state index is 15.1. The van der Waals surface area contributed by atoms with E-state index in [2.05, 4.69) is 6.58 Å². The molecule has 2 aromatic rings. The maximum absolute atomic E-state index is 15.1. The van der Waals surface area contributed by atoms with Crippen LogP contribution in [0.3, 0.4) is 0 Å². The summed E-state index contributed by atoms with van der Waals surface area (Å²) in [4.78, 5) is 0. The molecule has 0 amide bonds. The highest BCUT2D eigenvalue weighted by Gasteiger charge is 2.36. The Morgan fingerprint density at radius 3 is 2.38 bits per heavy atom. The molecule has 0 aromatic heterocycles. The van der Waals surface area contributed by atoms with Crippen molar-refractivity contribution in [2.24, 2.45) is 11.8 Å². The third-order valence-electron chi connectivity index (χ3n) is 7.96. The molecule has 7 heteroatoms. The zero-order chi connectivity index (χ0) is 27.9. The molecule has 1 saturated heterocycles. The molecular formula is C32H38F4O3. The summed E-state index contributed by atoms with van der Waals surface area (Å²) in [6.45, 7) is 5.88. The minimum Gasteiger partial charge on any atom is -0.388 e. The fourth-order valence-corrected chi connectivity index (χ4v) is 5.54. The van der Waals surface area contributed by atoms with Gasteiger partial charge in [-0.15, -0.1) is 6.58 Å². The standard InChI is InChI=1S/C32H38F4O3/c1-3-5-26(29-19-39-29)30(34)27(33)18-38-17-20-7-9-21(10-8-20)24-15-16-25(32(36)31(24)35)22-11-13-23(14-12-22)28(37)6-4-2/h3,11-16,20-21,26,28-29,37H,1,4-10,17-19H2,2H3/b30-27-. The first-order valence-corrected chi connectivity index (χ1v) is 13.9. The summed E-state index contributed by atoms with van der Waals surface area (Å²) in [6.07, 6.45) is 5.29. The van der Waals surface area contributed by atoms with E-state index in [1.54, 1.807) is 42.5 Å². The van der Waals surface area contributed by atoms with Crippen LogP contribution in [0.4, 0.5) is 17.6 Å².